The molecule has 0 atom stereocenters. The van der Waals surface area contributed by atoms with Crippen LogP contribution in [0, 0.1) is 11.6 Å². The van der Waals surface area contributed by atoms with E-state index in [1.807, 2.05) is 0 Å². The molecule has 0 radical (unpaired) electrons. The van der Waals surface area contributed by atoms with Gasteiger partial charge in [0, 0.05) is 17.1 Å². The minimum atomic E-state index is -3.84. The summed E-state index contributed by atoms with van der Waals surface area (Å²) in [6, 6.07) is 8.47. The van der Waals surface area contributed by atoms with Gasteiger partial charge in [0.1, 0.15) is 4.90 Å². The van der Waals surface area contributed by atoms with Gasteiger partial charge in [-0.2, -0.15) is 0 Å². The summed E-state index contributed by atoms with van der Waals surface area (Å²) in [6.45, 7) is 0.238. The minimum absolute atomic E-state index is 0.104. The van der Waals surface area contributed by atoms with Crippen molar-refractivity contribution < 1.29 is 17.2 Å². The van der Waals surface area contributed by atoms with Crippen LogP contribution in [0.3, 0.4) is 0 Å². The van der Waals surface area contributed by atoms with Gasteiger partial charge in [-0.15, -0.1) is 0 Å². The molecule has 0 bridgehead atoms. The van der Waals surface area contributed by atoms with Crippen LogP contribution >= 0.6 is 15.9 Å². The molecule has 7 heteroatoms. The van der Waals surface area contributed by atoms with E-state index in [4.69, 9.17) is 0 Å². The van der Waals surface area contributed by atoms with Crippen molar-refractivity contribution in [2.75, 3.05) is 10.8 Å². The molecule has 0 saturated heterocycles. The predicted octanol–water partition coefficient (Wildman–Crippen LogP) is 3.87. The molecule has 0 saturated carbocycles. The van der Waals surface area contributed by atoms with Crippen LogP contribution in [-0.2, 0) is 16.4 Å². The lowest BCUT2D eigenvalue weighted by atomic mass is 10.0. The van der Waals surface area contributed by atoms with Crippen molar-refractivity contribution in [3.05, 3.63) is 58.1 Å². The van der Waals surface area contributed by atoms with Gasteiger partial charge in [-0.25, -0.2) is 17.2 Å². The zero-order valence-electron chi connectivity index (χ0n) is 11.4. The van der Waals surface area contributed by atoms with E-state index in [0.717, 1.165) is 16.4 Å². The molecule has 0 spiro atoms. The molecule has 1 aliphatic heterocycles. The summed E-state index contributed by atoms with van der Waals surface area (Å²) in [5, 5.41) is 0. The maximum absolute atomic E-state index is 13.5. The van der Waals surface area contributed by atoms with Crippen molar-refractivity contribution in [2.24, 2.45) is 0 Å². The molecule has 116 valence electrons. The molecule has 3 nitrogen and oxygen atoms in total. The van der Waals surface area contributed by atoms with Crippen LogP contribution in [0.1, 0.15) is 12.0 Å². The fourth-order valence-electron chi connectivity index (χ4n) is 2.57. The number of fused-ring (bicyclic) bond motifs is 1. The van der Waals surface area contributed by atoms with Crippen molar-refractivity contribution >= 4 is 31.6 Å². The Morgan fingerprint density at radius 3 is 2.50 bits per heavy atom. The predicted molar refractivity (Wildman–Crippen MR) is 83.4 cm³/mol. The molecule has 0 N–H and O–H groups in total. The molecule has 2 aromatic rings. The van der Waals surface area contributed by atoms with Crippen molar-refractivity contribution in [1.29, 1.82) is 0 Å². The van der Waals surface area contributed by atoms with Gasteiger partial charge in [0.15, 0.2) is 11.6 Å². The highest BCUT2D eigenvalue weighted by molar-refractivity contribution is 9.10. The molecule has 1 aliphatic rings. The number of hydrogen-bond acceptors (Lipinski definition) is 2. The highest BCUT2D eigenvalue weighted by Gasteiger charge is 2.31. The summed E-state index contributed by atoms with van der Waals surface area (Å²) in [6.07, 6.45) is 1.08. The fraction of sp³-hybridized carbons (Fsp3) is 0.200. The second-order valence-corrected chi connectivity index (χ2v) is 7.69. The van der Waals surface area contributed by atoms with Crippen LogP contribution in [0.2, 0.25) is 0 Å². The topological polar surface area (TPSA) is 37.4 Å². The first-order chi connectivity index (χ1) is 10.4. The SMILES string of the molecule is O=S(=O)(c1ccccc1Br)N1CCCc2cc(F)c(F)cc21. The largest absolute Gasteiger partial charge is 0.266 e. The summed E-state index contributed by atoms with van der Waals surface area (Å²) in [4.78, 5) is 0.104. The van der Waals surface area contributed by atoms with Crippen molar-refractivity contribution in [3.8, 4) is 0 Å². The van der Waals surface area contributed by atoms with Gasteiger partial charge >= 0.3 is 0 Å². The van der Waals surface area contributed by atoms with E-state index in [9.17, 15) is 17.2 Å². The third-order valence-electron chi connectivity index (χ3n) is 3.60. The summed E-state index contributed by atoms with van der Waals surface area (Å²) < 4.78 is 54.2. The number of hydrogen-bond donors (Lipinski definition) is 0. The third kappa shape index (κ3) is 2.52. The van der Waals surface area contributed by atoms with Crippen molar-refractivity contribution in [3.63, 3.8) is 0 Å². The number of nitrogens with zero attached hydrogens (tertiary/aromatic N) is 1. The molecule has 0 fully saturated rings. The Morgan fingerprint density at radius 1 is 1.09 bits per heavy atom. The molecule has 2 aromatic carbocycles. The van der Waals surface area contributed by atoms with Crippen molar-refractivity contribution in [1.82, 2.24) is 0 Å². The summed E-state index contributed by atoms with van der Waals surface area (Å²) in [5.74, 6) is -2.01. The van der Waals surface area contributed by atoms with Gasteiger partial charge in [-0.05, 0) is 52.5 Å². The van der Waals surface area contributed by atoms with E-state index in [0.29, 0.717) is 22.9 Å². The summed E-state index contributed by atoms with van der Waals surface area (Å²) in [5.41, 5.74) is 0.710. The fourth-order valence-corrected chi connectivity index (χ4v) is 5.07. The van der Waals surface area contributed by atoms with Gasteiger partial charge in [0.25, 0.3) is 10.0 Å². The average Bonchev–Trinajstić information content (AvgIpc) is 2.48. The van der Waals surface area contributed by atoms with E-state index >= 15 is 0 Å². The standard InChI is InChI=1S/C15H12BrF2NO2S/c16-11-5-1-2-6-15(11)22(20,21)19-7-3-4-10-8-12(17)13(18)9-14(10)19/h1-2,5-6,8-9H,3-4,7H2. The normalized spacial score (nSPS) is 14.8. The summed E-state index contributed by atoms with van der Waals surface area (Å²) >= 11 is 3.22. The summed E-state index contributed by atoms with van der Waals surface area (Å²) in [7, 11) is -3.84. The Bertz CT molecular complexity index is 839. The highest BCUT2D eigenvalue weighted by atomic mass is 79.9. The zero-order valence-corrected chi connectivity index (χ0v) is 13.8. The number of rotatable bonds is 2. The van der Waals surface area contributed by atoms with Crippen molar-refractivity contribution in [2.45, 2.75) is 17.7 Å². The minimum Gasteiger partial charge on any atom is -0.266 e. The van der Waals surface area contributed by atoms with Crippen LogP contribution in [0.4, 0.5) is 14.5 Å². The molecule has 3 rings (SSSR count). The Kier molecular flexibility index (Phi) is 3.94. The van der Waals surface area contributed by atoms with Crippen LogP contribution in [0.5, 0.6) is 0 Å². The Balaban J connectivity index is 2.15. The molecular formula is C15H12BrF2NO2S. The molecule has 22 heavy (non-hydrogen) atoms. The van der Waals surface area contributed by atoms with Gasteiger partial charge in [0.05, 0.1) is 5.69 Å². The van der Waals surface area contributed by atoms with E-state index in [1.54, 1.807) is 18.2 Å². The Hall–Kier alpha value is -1.47. The lowest BCUT2D eigenvalue weighted by Gasteiger charge is -2.30. The second-order valence-electron chi connectivity index (χ2n) is 5.01. The van der Waals surface area contributed by atoms with E-state index in [-0.39, 0.29) is 17.1 Å². The van der Waals surface area contributed by atoms with Crippen LogP contribution in [0.25, 0.3) is 0 Å². The highest BCUT2D eigenvalue weighted by Crippen LogP contribution is 2.35. The number of sulfonamides is 1. The van der Waals surface area contributed by atoms with Gasteiger partial charge < -0.3 is 0 Å². The number of anilines is 1. The Labute approximate surface area is 135 Å². The van der Waals surface area contributed by atoms with E-state index in [1.165, 1.54) is 6.07 Å². The third-order valence-corrected chi connectivity index (χ3v) is 6.43. The number of aryl methyl sites for hydroxylation is 1. The smallest absolute Gasteiger partial charge is 0.265 e. The lowest BCUT2D eigenvalue weighted by Crippen LogP contribution is -2.35. The molecular weight excluding hydrogens is 376 g/mol. The maximum atomic E-state index is 13.5. The first kappa shape index (κ1) is 15.4. The van der Waals surface area contributed by atoms with E-state index < -0.39 is 21.7 Å². The molecule has 0 unspecified atom stereocenters. The molecule has 0 aromatic heterocycles. The van der Waals surface area contributed by atoms with Crippen LogP contribution in [0.15, 0.2) is 45.8 Å². The second kappa shape index (κ2) is 5.62. The monoisotopic (exact) mass is 387 g/mol. The number of benzene rings is 2. The first-order valence-corrected chi connectivity index (χ1v) is 8.90. The molecule has 1 heterocycles. The molecule has 0 aliphatic carbocycles. The number of halogens is 3. The quantitative estimate of drug-likeness (QED) is 0.784. The maximum Gasteiger partial charge on any atom is 0.265 e. The first-order valence-electron chi connectivity index (χ1n) is 6.66. The lowest BCUT2D eigenvalue weighted by molar-refractivity contribution is 0.505. The van der Waals surface area contributed by atoms with Gasteiger partial charge in [0.2, 0.25) is 0 Å². The molecule has 0 amide bonds. The Morgan fingerprint density at radius 2 is 1.77 bits per heavy atom. The zero-order chi connectivity index (χ0) is 15.9. The average molecular weight is 388 g/mol. The van der Waals surface area contributed by atoms with E-state index in [2.05, 4.69) is 15.9 Å². The van der Waals surface area contributed by atoms with Crippen LogP contribution < -0.4 is 4.31 Å². The van der Waals surface area contributed by atoms with Gasteiger partial charge in [-0.1, -0.05) is 12.1 Å². The van der Waals surface area contributed by atoms with Crippen LogP contribution in [-0.4, -0.2) is 15.0 Å². The van der Waals surface area contributed by atoms with Gasteiger partial charge in [-0.3, -0.25) is 4.31 Å².